The van der Waals surface area contributed by atoms with E-state index in [1.54, 1.807) is 12.1 Å². The Morgan fingerprint density at radius 3 is 2.50 bits per heavy atom. The van der Waals surface area contributed by atoms with Crippen molar-refractivity contribution in [3.8, 4) is 0 Å². The van der Waals surface area contributed by atoms with Crippen molar-refractivity contribution < 1.29 is 14.3 Å². The van der Waals surface area contributed by atoms with E-state index in [4.69, 9.17) is 16.3 Å². The first kappa shape index (κ1) is 14.8. The third-order valence-electron chi connectivity index (χ3n) is 3.11. The van der Waals surface area contributed by atoms with Gasteiger partial charge in [-0.25, -0.2) is 0 Å². The Morgan fingerprint density at radius 1 is 1.20 bits per heavy atom. The highest BCUT2D eigenvalue weighted by atomic mass is 35.5. The number of nitrogens with zero attached hydrogens (tertiary/aromatic N) is 1. The summed E-state index contributed by atoms with van der Waals surface area (Å²) >= 11 is 5.79. The van der Waals surface area contributed by atoms with Crippen LogP contribution in [0, 0.1) is 0 Å². The molecule has 0 atom stereocenters. The molecule has 1 N–H and O–H groups in total. The molecular formula is C14H17ClN2O3. The van der Waals surface area contributed by atoms with E-state index < -0.39 is 11.8 Å². The van der Waals surface area contributed by atoms with Gasteiger partial charge in [0.05, 0.1) is 13.2 Å². The summed E-state index contributed by atoms with van der Waals surface area (Å²) in [6.45, 7) is 2.36. The van der Waals surface area contributed by atoms with E-state index in [0.717, 1.165) is 5.56 Å². The molecule has 1 aliphatic heterocycles. The predicted molar refractivity (Wildman–Crippen MR) is 75.6 cm³/mol. The molecule has 2 rings (SSSR count). The van der Waals surface area contributed by atoms with Crippen molar-refractivity contribution in [1.82, 2.24) is 10.2 Å². The van der Waals surface area contributed by atoms with E-state index >= 15 is 0 Å². The number of morpholine rings is 1. The van der Waals surface area contributed by atoms with Gasteiger partial charge in [-0.05, 0) is 24.1 Å². The lowest BCUT2D eigenvalue weighted by Gasteiger charge is -2.26. The van der Waals surface area contributed by atoms with Gasteiger partial charge in [-0.3, -0.25) is 9.59 Å². The molecule has 0 unspecified atom stereocenters. The minimum atomic E-state index is -0.555. The molecule has 1 aromatic carbocycles. The van der Waals surface area contributed by atoms with E-state index in [1.165, 1.54) is 4.90 Å². The van der Waals surface area contributed by atoms with Crippen molar-refractivity contribution in [3.05, 3.63) is 34.9 Å². The van der Waals surface area contributed by atoms with Crippen LogP contribution >= 0.6 is 11.6 Å². The van der Waals surface area contributed by atoms with Gasteiger partial charge in [-0.1, -0.05) is 23.7 Å². The first-order valence-corrected chi connectivity index (χ1v) is 6.94. The highest BCUT2D eigenvalue weighted by molar-refractivity contribution is 6.35. The van der Waals surface area contributed by atoms with Crippen LogP contribution in [0.25, 0.3) is 0 Å². The summed E-state index contributed by atoms with van der Waals surface area (Å²) in [6, 6.07) is 7.41. The normalized spacial score (nSPS) is 14.9. The average Bonchev–Trinajstić information content (AvgIpc) is 2.49. The molecule has 1 aliphatic rings. The maximum absolute atomic E-state index is 11.8. The van der Waals surface area contributed by atoms with Crippen LogP contribution < -0.4 is 5.32 Å². The van der Waals surface area contributed by atoms with Crippen LogP contribution in [-0.4, -0.2) is 49.6 Å². The average molecular weight is 297 g/mol. The lowest BCUT2D eigenvalue weighted by atomic mass is 10.1. The van der Waals surface area contributed by atoms with E-state index in [-0.39, 0.29) is 0 Å². The van der Waals surface area contributed by atoms with Crippen molar-refractivity contribution in [3.63, 3.8) is 0 Å². The number of carbonyl (C=O) groups excluding carboxylic acids is 2. The number of hydrogen-bond acceptors (Lipinski definition) is 3. The van der Waals surface area contributed by atoms with Gasteiger partial charge in [0.25, 0.3) is 0 Å². The van der Waals surface area contributed by atoms with Crippen LogP contribution in [0.4, 0.5) is 0 Å². The van der Waals surface area contributed by atoms with E-state index in [0.29, 0.717) is 44.3 Å². The minimum Gasteiger partial charge on any atom is -0.378 e. The molecule has 5 nitrogen and oxygen atoms in total. The molecule has 108 valence electrons. The molecule has 20 heavy (non-hydrogen) atoms. The Kier molecular flexibility index (Phi) is 5.38. The fourth-order valence-electron chi connectivity index (χ4n) is 1.96. The van der Waals surface area contributed by atoms with Gasteiger partial charge in [-0.2, -0.15) is 0 Å². The Bertz CT molecular complexity index is 470. The Balaban J connectivity index is 1.74. The summed E-state index contributed by atoms with van der Waals surface area (Å²) in [7, 11) is 0. The summed E-state index contributed by atoms with van der Waals surface area (Å²) in [5.41, 5.74) is 1.06. The highest BCUT2D eigenvalue weighted by Crippen LogP contribution is 2.09. The zero-order valence-electron chi connectivity index (χ0n) is 11.1. The summed E-state index contributed by atoms with van der Waals surface area (Å²) < 4.78 is 5.14. The largest absolute Gasteiger partial charge is 0.378 e. The van der Waals surface area contributed by atoms with Crippen LogP contribution in [-0.2, 0) is 20.7 Å². The molecule has 1 heterocycles. The fraction of sp³-hybridized carbons (Fsp3) is 0.429. The highest BCUT2D eigenvalue weighted by Gasteiger charge is 2.22. The second-order valence-electron chi connectivity index (χ2n) is 4.54. The maximum Gasteiger partial charge on any atom is 0.312 e. The first-order valence-electron chi connectivity index (χ1n) is 6.56. The topological polar surface area (TPSA) is 58.6 Å². The lowest BCUT2D eigenvalue weighted by molar-refractivity contribution is -0.148. The van der Waals surface area contributed by atoms with Crippen LogP contribution in [0.5, 0.6) is 0 Å². The van der Waals surface area contributed by atoms with E-state index in [9.17, 15) is 9.59 Å². The van der Waals surface area contributed by atoms with Crippen molar-refractivity contribution in [2.45, 2.75) is 6.42 Å². The third kappa shape index (κ3) is 4.21. The van der Waals surface area contributed by atoms with Gasteiger partial charge >= 0.3 is 11.8 Å². The fourth-order valence-corrected chi connectivity index (χ4v) is 2.08. The molecule has 6 heteroatoms. The number of carbonyl (C=O) groups is 2. The molecule has 0 radical (unpaired) electrons. The van der Waals surface area contributed by atoms with E-state index in [1.807, 2.05) is 12.1 Å². The van der Waals surface area contributed by atoms with Gasteiger partial charge in [0.15, 0.2) is 0 Å². The molecular weight excluding hydrogens is 280 g/mol. The summed E-state index contributed by atoms with van der Waals surface area (Å²) in [5, 5.41) is 3.32. The van der Waals surface area contributed by atoms with Gasteiger partial charge in [-0.15, -0.1) is 0 Å². The molecule has 0 spiro atoms. The Hall–Kier alpha value is -1.59. The quantitative estimate of drug-likeness (QED) is 0.842. The SMILES string of the molecule is O=C(NCCc1ccc(Cl)cc1)C(=O)N1CCOCC1. The molecule has 0 saturated carbocycles. The molecule has 1 saturated heterocycles. The van der Waals surface area contributed by atoms with Crippen molar-refractivity contribution in [1.29, 1.82) is 0 Å². The second kappa shape index (κ2) is 7.26. The maximum atomic E-state index is 11.8. The van der Waals surface area contributed by atoms with Crippen molar-refractivity contribution in [2.24, 2.45) is 0 Å². The van der Waals surface area contributed by atoms with Crippen molar-refractivity contribution >= 4 is 23.4 Å². The number of rotatable bonds is 3. The number of nitrogens with one attached hydrogen (secondary N) is 1. The predicted octanol–water partition coefficient (Wildman–Crippen LogP) is 0.857. The Morgan fingerprint density at radius 2 is 1.85 bits per heavy atom. The molecule has 2 amide bonds. The Labute approximate surface area is 122 Å². The van der Waals surface area contributed by atoms with Crippen LogP contribution in [0.3, 0.4) is 0 Å². The van der Waals surface area contributed by atoms with Gasteiger partial charge in [0.1, 0.15) is 0 Å². The van der Waals surface area contributed by atoms with Crippen LogP contribution in [0.2, 0.25) is 5.02 Å². The lowest BCUT2D eigenvalue weighted by Crippen LogP contribution is -2.48. The number of ether oxygens (including phenoxy) is 1. The minimum absolute atomic E-state index is 0.427. The monoisotopic (exact) mass is 296 g/mol. The first-order chi connectivity index (χ1) is 9.66. The summed E-state index contributed by atoms with van der Waals surface area (Å²) in [5.74, 6) is -1.04. The van der Waals surface area contributed by atoms with Crippen LogP contribution in [0.1, 0.15) is 5.56 Å². The summed E-state index contributed by atoms with van der Waals surface area (Å²) in [4.78, 5) is 25.1. The van der Waals surface area contributed by atoms with Gasteiger partial charge in [0.2, 0.25) is 0 Å². The molecule has 1 fully saturated rings. The number of halogens is 1. The zero-order valence-corrected chi connectivity index (χ0v) is 11.9. The third-order valence-corrected chi connectivity index (χ3v) is 3.36. The smallest absolute Gasteiger partial charge is 0.312 e. The van der Waals surface area contributed by atoms with E-state index in [2.05, 4.69) is 5.32 Å². The molecule has 1 aromatic rings. The van der Waals surface area contributed by atoms with Crippen LogP contribution in [0.15, 0.2) is 24.3 Å². The number of benzene rings is 1. The zero-order chi connectivity index (χ0) is 14.4. The summed E-state index contributed by atoms with van der Waals surface area (Å²) in [6.07, 6.45) is 0.666. The molecule has 0 bridgehead atoms. The standard InChI is InChI=1S/C14H17ClN2O3/c15-12-3-1-11(2-4-12)5-6-16-13(18)14(19)17-7-9-20-10-8-17/h1-4H,5-10H2,(H,16,18). The molecule has 0 aromatic heterocycles. The second-order valence-corrected chi connectivity index (χ2v) is 4.97. The number of amides is 2. The molecule has 0 aliphatic carbocycles. The van der Waals surface area contributed by atoms with Crippen molar-refractivity contribution in [2.75, 3.05) is 32.8 Å². The van der Waals surface area contributed by atoms with Gasteiger partial charge in [0, 0.05) is 24.7 Å². The van der Waals surface area contributed by atoms with Gasteiger partial charge < -0.3 is 15.0 Å². The number of hydrogen-bond donors (Lipinski definition) is 1.